The smallest absolute Gasteiger partial charge is 0.189 e. The van der Waals surface area contributed by atoms with Gasteiger partial charge in [0, 0.05) is 6.04 Å². The Morgan fingerprint density at radius 1 is 1.41 bits per heavy atom. The number of guanidine groups is 1. The number of rotatable bonds is 3. The first-order valence-electron chi connectivity index (χ1n) is 6.05. The first-order valence-corrected chi connectivity index (χ1v) is 6.05. The Morgan fingerprint density at radius 2 is 2.18 bits per heavy atom. The monoisotopic (exact) mass is 235 g/mol. The fourth-order valence-corrected chi connectivity index (χ4v) is 2.14. The van der Waals surface area contributed by atoms with E-state index in [0.29, 0.717) is 18.5 Å². The highest BCUT2D eigenvalue weighted by Gasteiger charge is 2.14. The summed E-state index contributed by atoms with van der Waals surface area (Å²) in [5.41, 5.74) is 6.62. The normalized spacial score (nSPS) is 17.4. The summed E-state index contributed by atoms with van der Waals surface area (Å²) in [5, 5.41) is 3.20. The van der Waals surface area contributed by atoms with Crippen LogP contribution in [0.25, 0.3) is 0 Å². The van der Waals surface area contributed by atoms with Gasteiger partial charge in [0.25, 0.3) is 0 Å². The second kappa shape index (κ2) is 5.66. The maximum Gasteiger partial charge on any atom is 0.189 e. The Hall–Kier alpha value is -1.58. The second-order valence-corrected chi connectivity index (χ2v) is 4.46. The Kier molecular flexibility index (Phi) is 3.96. The Labute approximate surface area is 101 Å². The number of benzene rings is 1. The minimum Gasteiger partial charge on any atom is -0.370 e. The molecule has 0 spiro atoms. The van der Waals surface area contributed by atoms with Gasteiger partial charge in [-0.25, -0.2) is 9.38 Å². The average Bonchev–Trinajstić information content (AvgIpc) is 2.79. The third kappa shape index (κ3) is 3.73. The quantitative estimate of drug-likeness (QED) is 0.623. The largest absolute Gasteiger partial charge is 0.370 e. The molecule has 3 N–H and O–H groups in total. The molecular weight excluding hydrogens is 217 g/mol. The second-order valence-electron chi connectivity index (χ2n) is 4.46. The molecule has 1 aromatic rings. The Morgan fingerprint density at radius 3 is 2.88 bits per heavy atom. The van der Waals surface area contributed by atoms with Crippen molar-refractivity contribution >= 4 is 5.96 Å². The lowest BCUT2D eigenvalue weighted by Crippen LogP contribution is -2.38. The van der Waals surface area contributed by atoms with Crippen molar-refractivity contribution in [2.24, 2.45) is 10.7 Å². The number of nitrogens with one attached hydrogen (secondary N) is 1. The van der Waals surface area contributed by atoms with Crippen LogP contribution in [0.5, 0.6) is 0 Å². The van der Waals surface area contributed by atoms with Gasteiger partial charge >= 0.3 is 0 Å². The molecule has 4 heteroatoms. The molecule has 1 aliphatic carbocycles. The van der Waals surface area contributed by atoms with Gasteiger partial charge in [0.2, 0.25) is 0 Å². The van der Waals surface area contributed by atoms with Crippen LogP contribution in [-0.2, 0) is 6.54 Å². The zero-order chi connectivity index (χ0) is 12.1. The number of nitrogens with two attached hydrogens (primary N) is 1. The van der Waals surface area contributed by atoms with E-state index in [9.17, 15) is 4.39 Å². The van der Waals surface area contributed by atoms with E-state index >= 15 is 0 Å². The van der Waals surface area contributed by atoms with Crippen molar-refractivity contribution in [3.63, 3.8) is 0 Å². The minimum atomic E-state index is -0.236. The molecule has 0 atom stereocenters. The number of halogens is 1. The molecule has 3 nitrogen and oxygen atoms in total. The number of aliphatic imine (C=N–C) groups is 1. The maximum atomic E-state index is 12.9. The highest BCUT2D eigenvalue weighted by Crippen LogP contribution is 2.17. The lowest BCUT2D eigenvalue weighted by Gasteiger charge is -2.12. The standard InChI is InChI=1S/C13H18FN3/c14-11-5-3-4-10(8-11)9-16-13(15)17-12-6-1-2-7-12/h3-5,8,12H,1-2,6-7,9H2,(H3,15,16,17). The van der Waals surface area contributed by atoms with E-state index in [0.717, 1.165) is 18.4 Å². The van der Waals surface area contributed by atoms with Gasteiger partial charge in [-0.15, -0.1) is 0 Å². The van der Waals surface area contributed by atoms with Gasteiger partial charge in [-0.05, 0) is 30.5 Å². The van der Waals surface area contributed by atoms with Crippen molar-refractivity contribution in [3.8, 4) is 0 Å². The molecule has 92 valence electrons. The summed E-state index contributed by atoms with van der Waals surface area (Å²) in [4.78, 5) is 4.22. The van der Waals surface area contributed by atoms with Crippen LogP contribution >= 0.6 is 0 Å². The lowest BCUT2D eigenvalue weighted by molar-refractivity contribution is 0.622. The van der Waals surface area contributed by atoms with Crippen molar-refractivity contribution in [1.29, 1.82) is 0 Å². The van der Waals surface area contributed by atoms with Crippen LogP contribution in [-0.4, -0.2) is 12.0 Å². The molecule has 17 heavy (non-hydrogen) atoms. The van der Waals surface area contributed by atoms with Gasteiger partial charge in [0.1, 0.15) is 5.82 Å². The van der Waals surface area contributed by atoms with Crippen LogP contribution in [0.3, 0.4) is 0 Å². The zero-order valence-electron chi connectivity index (χ0n) is 9.82. The van der Waals surface area contributed by atoms with E-state index in [1.807, 2.05) is 6.07 Å². The molecule has 1 aromatic carbocycles. The fraction of sp³-hybridized carbons (Fsp3) is 0.462. The van der Waals surface area contributed by atoms with Crippen LogP contribution in [0.15, 0.2) is 29.3 Å². The predicted octanol–water partition coefficient (Wildman–Crippen LogP) is 2.17. The van der Waals surface area contributed by atoms with Gasteiger partial charge in [-0.2, -0.15) is 0 Å². The molecule has 0 unspecified atom stereocenters. The van der Waals surface area contributed by atoms with Crippen molar-refractivity contribution < 1.29 is 4.39 Å². The third-order valence-corrected chi connectivity index (χ3v) is 3.03. The molecule has 1 aliphatic rings. The van der Waals surface area contributed by atoms with E-state index < -0.39 is 0 Å². The molecule has 2 rings (SSSR count). The number of hydrogen-bond acceptors (Lipinski definition) is 1. The number of hydrogen-bond donors (Lipinski definition) is 2. The number of nitrogens with zero attached hydrogens (tertiary/aromatic N) is 1. The first kappa shape index (κ1) is 11.9. The molecular formula is C13H18FN3. The highest BCUT2D eigenvalue weighted by atomic mass is 19.1. The van der Waals surface area contributed by atoms with E-state index in [2.05, 4.69) is 10.3 Å². The third-order valence-electron chi connectivity index (χ3n) is 3.03. The molecule has 1 fully saturated rings. The Balaban J connectivity index is 1.86. The van der Waals surface area contributed by atoms with Crippen LogP contribution in [0.1, 0.15) is 31.2 Å². The topological polar surface area (TPSA) is 50.4 Å². The van der Waals surface area contributed by atoms with Crippen molar-refractivity contribution in [1.82, 2.24) is 5.32 Å². The summed E-state index contributed by atoms with van der Waals surface area (Å²) in [6.45, 7) is 0.420. The lowest BCUT2D eigenvalue weighted by atomic mass is 10.2. The van der Waals surface area contributed by atoms with Gasteiger partial charge in [0.05, 0.1) is 6.54 Å². The SMILES string of the molecule is NC(=NCc1cccc(F)c1)NC1CCCC1. The summed E-state index contributed by atoms with van der Waals surface area (Å²) in [6.07, 6.45) is 4.84. The van der Waals surface area contributed by atoms with Crippen molar-refractivity contribution in [2.75, 3.05) is 0 Å². The molecule has 0 heterocycles. The zero-order valence-corrected chi connectivity index (χ0v) is 9.82. The Bertz CT molecular complexity index is 397. The summed E-state index contributed by atoms with van der Waals surface area (Å²) in [6, 6.07) is 6.89. The van der Waals surface area contributed by atoms with E-state index in [1.54, 1.807) is 6.07 Å². The van der Waals surface area contributed by atoms with E-state index in [-0.39, 0.29) is 5.82 Å². The summed E-state index contributed by atoms with van der Waals surface area (Å²) in [5.74, 6) is 0.223. The van der Waals surface area contributed by atoms with Crippen LogP contribution < -0.4 is 11.1 Å². The highest BCUT2D eigenvalue weighted by molar-refractivity contribution is 5.78. The van der Waals surface area contributed by atoms with E-state index in [1.165, 1.54) is 25.0 Å². The molecule has 0 aliphatic heterocycles. The van der Waals surface area contributed by atoms with Gasteiger partial charge < -0.3 is 11.1 Å². The summed E-state index contributed by atoms with van der Waals surface area (Å²) < 4.78 is 12.9. The van der Waals surface area contributed by atoms with Crippen LogP contribution in [0, 0.1) is 5.82 Å². The predicted molar refractivity (Wildman–Crippen MR) is 67.1 cm³/mol. The van der Waals surface area contributed by atoms with Gasteiger partial charge in [-0.1, -0.05) is 25.0 Å². The summed E-state index contributed by atoms with van der Waals surface area (Å²) >= 11 is 0. The molecule has 1 saturated carbocycles. The molecule has 0 radical (unpaired) electrons. The molecule has 0 amide bonds. The van der Waals surface area contributed by atoms with Crippen molar-refractivity contribution in [2.45, 2.75) is 38.3 Å². The maximum absolute atomic E-state index is 12.9. The molecule has 0 aromatic heterocycles. The minimum absolute atomic E-state index is 0.236. The summed E-state index contributed by atoms with van der Waals surface area (Å²) in [7, 11) is 0. The first-order chi connectivity index (χ1) is 8.24. The van der Waals surface area contributed by atoms with E-state index in [4.69, 9.17) is 5.73 Å². The fourth-order valence-electron chi connectivity index (χ4n) is 2.14. The van der Waals surface area contributed by atoms with Gasteiger partial charge in [-0.3, -0.25) is 0 Å². The van der Waals surface area contributed by atoms with Crippen LogP contribution in [0.4, 0.5) is 4.39 Å². The van der Waals surface area contributed by atoms with Gasteiger partial charge in [0.15, 0.2) is 5.96 Å². The average molecular weight is 235 g/mol. The molecule has 0 bridgehead atoms. The van der Waals surface area contributed by atoms with Crippen LogP contribution in [0.2, 0.25) is 0 Å². The van der Waals surface area contributed by atoms with Crippen molar-refractivity contribution in [3.05, 3.63) is 35.6 Å². The molecule has 0 saturated heterocycles.